The third-order valence-electron chi connectivity index (χ3n) is 7.85. The highest BCUT2D eigenvalue weighted by molar-refractivity contribution is 7.11. The molecule has 0 spiro atoms. The standard InChI is InChI=1S/C26H39N3O5S/c1-2-3-14-34-26(33)20-15-27-13-12-21-22(20)29-24(35-21)17-6-4-16(5-7-17)23(30)28-19-10-8-18(9-11-19)25(31)32/h16-20,27H,2-15H2,1H3,(H,28,30)(H,31,32). The summed E-state index contributed by atoms with van der Waals surface area (Å²) in [7, 11) is 0. The van der Waals surface area contributed by atoms with Crippen LogP contribution >= 0.6 is 11.3 Å². The number of aromatic nitrogens is 1. The van der Waals surface area contributed by atoms with Crippen molar-refractivity contribution in [2.24, 2.45) is 11.8 Å². The zero-order valence-corrected chi connectivity index (χ0v) is 21.5. The molecule has 2 saturated carbocycles. The van der Waals surface area contributed by atoms with Crippen molar-refractivity contribution in [2.75, 3.05) is 19.7 Å². The predicted molar refractivity (Wildman–Crippen MR) is 134 cm³/mol. The first-order valence-electron chi connectivity index (χ1n) is 13.4. The van der Waals surface area contributed by atoms with Crippen molar-refractivity contribution in [3.63, 3.8) is 0 Å². The summed E-state index contributed by atoms with van der Waals surface area (Å²) >= 11 is 1.74. The Hall–Kier alpha value is -2.00. The van der Waals surface area contributed by atoms with Crippen molar-refractivity contribution in [1.82, 2.24) is 15.6 Å². The second-order valence-electron chi connectivity index (χ2n) is 10.3. The van der Waals surface area contributed by atoms with Crippen LogP contribution in [0.15, 0.2) is 0 Å². The Labute approximate surface area is 211 Å². The molecule has 4 rings (SSSR count). The molecular weight excluding hydrogens is 466 g/mol. The highest BCUT2D eigenvalue weighted by Gasteiger charge is 2.34. The molecule has 1 aliphatic heterocycles. The number of rotatable bonds is 8. The second-order valence-corrected chi connectivity index (χ2v) is 11.4. The summed E-state index contributed by atoms with van der Waals surface area (Å²) in [6.07, 6.45) is 9.09. The maximum atomic E-state index is 12.8. The number of nitrogens with one attached hydrogen (secondary N) is 2. The van der Waals surface area contributed by atoms with Crippen LogP contribution in [0.25, 0.3) is 0 Å². The number of aliphatic carboxylic acids is 1. The average molecular weight is 506 g/mol. The Morgan fingerprint density at radius 2 is 1.80 bits per heavy atom. The van der Waals surface area contributed by atoms with E-state index in [9.17, 15) is 14.4 Å². The minimum atomic E-state index is -0.719. The highest BCUT2D eigenvalue weighted by atomic mass is 32.1. The van der Waals surface area contributed by atoms with Gasteiger partial charge in [0.1, 0.15) is 5.92 Å². The number of esters is 1. The molecule has 194 valence electrons. The first-order chi connectivity index (χ1) is 17.0. The summed E-state index contributed by atoms with van der Waals surface area (Å²) in [6, 6.07) is 0.105. The van der Waals surface area contributed by atoms with Gasteiger partial charge in [0.2, 0.25) is 5.91 Å². The number of unbranched alkanes of at least 4 members (excludes halogenated alkanes) is 1. The van der Waals surface area contributed by atoms with E-state index in [1.807, 2.05) is 0 Å². The number of amides is 1. The smallest absolute Gasteiger partial charge is 0.316 e. The Morgan fingerprint density at radius 3 is 2.49 bits per heavy atom. The molecule has 1 atom stereocenters. The molecule has 35 heavy (non-hydrogen) atoms. The van der Waals surface area contributed by atoms with Crippen LogP contribution in [0.5, 0.6) is 0 Å². The van der Waals surface area contributed by atoms with Crippen molar-refractivity contribution in [3.8, 4) is 0 Å². The fourth-order valence-corrected chi connectivity index (χ4v) is 6.87. The van der Waals surface area contributed by atoms with E-state index in [-0.39, 0.29) is 35.7 Å². The number of ether oxygens (including phenoxy) is 1. The maximum absolute atomic E-state index is 12.8. The summed E-state index contributed by atoms with van der Waals surface area (Å²) in [5.41, 5.74) is 0.897. The number of carboxylic acids is 1. The van der Waals surface area contributed by atoms with E-state index in [0.29, 0.717) is 31.9 Å². The van der Waals surface area contributed by atoms with Gasteiger partial charge in [-0.2, -0.15) is 0 Å². The largest absolute Gasteiger partial charge is 0.481 e. The van der Waals surface area contributed by atoms with Gasteiger partial charge in [-0.25, -0.2) is 4.98 Å². The number of carboxylic acid groups (broad SMARTS) is 1. The molecule has 3 aliphatic rings. The monoisotopic (exact) mass is 505 g/mol. The molecule has 1 amide bonds. The van der Waals surface area contributed by atoms with Gasteiger partial charge in [-0.3, -0.25) is 14.4 Å². The van der Waals surface area contributed by atoms with E-state index < -0.39 is 5.97 Å². The average Bonchev–Trinajstić information content (AvgIpc) is 3.18. The number of hydrogen-bond donors (Lipinski definition) is 3. The van der Waals surface area contributed by atoms with Crippen molar-refractivity contribution < 1.29 is 24.2 Å². The Morgan fingerprint density at radius 1 is 1.09 bits per heavy atom. The summed E-state index contributed by atoms with van der Waals surface area (Å²) in [5, 5.41) is 16.8. The van der Waals surface area contributed by atoms with Gasteiger partial charge in [0.25, 0.3) is 0 Å². The van der Waals surface area contributed by atoms with Gasteiger partial charge in [0.05, 0.1) is 23.2 Å². The lowest BCUT2D eigenvalue weighted by Gasteiger charge is -2.31. The normalized spacial score (nSPS) is 29.0. The fourth-order valence-electron chi connectivity index (χ4n) is 5.57. The molecule has 0 saturated heterocycles. The second kappa shape index (κ2) is 12.3. The van der Waals surface area contributed by atoms with Gasteiger partial charge in [-0.1, -0.05) is 13.3 Å². The summed E-state index contributed by atoms with van der Waals surface area (Å²) < 4.78 is 5.52. The molecule has 8 nitrogen and oxygen atoms in total. The van der Waals surface area contributed by atoms with Gasteiger partial charge in [-0.05, 0) is 64.2 Å². The van der Waals surface area contributed by atoms with Crippen LogP contribution in [-0.4, -0.2) is 53.7 Å². The molecule has 2 aliphatic carbocycles. The third-order valence-corrected chi connectivity index (χ3v) is 9.14. The minimum absolute atomic E-state index is 0.0201. The van der Waals surface area contributed by atoms with Crippen LogP contribution in [0.3, 0.4) is 0 Å². The highest BCUT2D eigenvalue weighted by Crippen LogP contribution is 2.40. The molecule has 1 aromatic rings. The number of carbonyl (C=O) groups is 3. The first-order valence-corrected chi connectivity index (χ1v) is 14.2. The SMILES string of the molecule is CCCCOC(=O)C1CNCCc2sc(C3CCC(C(=O)NC4CCC(C(=O)O)CC4)CC3)nc21. The third kappa shape index (κ3) is 6.61. The summed E-state index contributed by atoms with van der Waals surface area (Å²) in [4.78, 5) is 42.9. The van der Waals surface area contributed by atoms with E-state index in [2.05, 4.69) is 17.6 Å². The van der Waals surface area contributed by atoms with Crippen molar-refractivity contribution in [1.29, 1.82) is 0 Å². The van der Waals surface area contributed by atoms with Crippen molar-refractivity contribution >= 4 is 29.2 Å². The van der Waals surface area contributed by atoms with Crippen LogP contribution in [-0.2, 0) is 25.5 Å². The molecule has 0 aromatic carbocycles. The number of hydrogen-bond acceptors (Lipinski definition) is 7. The first kappa shape index (κ1) is 26.1. The summed E-state index contributed by atoms with van der Waals surface area (Å²) in [6.45, 7) is 3.96. The Balaban J connectivity index is 1.30. The van der Waals surface area contributed by atoms with E-state index in [4.69, 9.17) is 14.8 Å². The molecule has 1 aromatic heterocycles. The lowest BCUT2D eigenvalue weighted by Crippen LogP contribution is -2.42. The molecule has 2 fully saturated rings. The van der Waals surface area contributed by atoms with Crippen LogP contribution in [0.4, 0.5) is 0 Å². The number of carbonyl (C=O) groups excluding carboxylic acids is 2. The molecular formula is C26H39N3O5S. The maximum Gasteiger partial charge on any atom is 0.316 e. The topological polar surface area (TPSA) is 118 Å². The number of nitrogens with zero attached hydrogens (tertiary/aromatic N) is 1. The lowest BCUT2D eigenvalue weighted by atomic mass is 9.81. The van der Waals surface area contributed by atoms with Gasteiger partial charge in [0.15, 0.2) is 0 Å². The number of thiazole rings is 1. The lowest BCUT2D eigenvalue weighted by molar-refractivity contribution is -0.145. The minimum Gasteiger partial charge on any atom is -0.481 e. The van der Waals surface area contributed by atoms with E-state index in [1.54, 1.807) is 11.3 Å². The van der Waals surface area contributed by atoms with Crippen molar-refractivity contribution in [3.05, 3.63) is 15.6 Å². The van der Waals surface area contributed by atoms with E-state index in [0.717, 1.165) is 75.0 Å². The molecule has 0 bridgehead atoms. The predicted octanol–water partition coefficient (Wildman–Crippen LogP) is 3.75. The van der Waals surface area contributed by atoms with Crippen LogP contribution in [0.1, 0.15) is 98.5 Å². The zero-order chi connectivity index (χ0) is 24.8. The van der Waals surface area contributed by atoms with Crippen LogP contribution in [0.2, 0.25) is 0 Å². The van der Waals surface area contributed by atoms with E-state index >= 15 is 0 Å². The van der Waals surface area contributed by atoms with Gasteiger partial charge in [0, 0.05) is 35.8 Å². The zero-order valence-electron chi connectivity index (χ0n) is 20.7. The number of fused-ring (bicyclic) bond motifs is 1. The molecule has 1 unspecified atom stereocenters. The van der Waals surface area contributed by atoms with Gasteiger partial charge < -0.3 is 20.5 Å². The van der Waals surface area contributed by atoms with E-state index in [1.165, 1.54) is 4.88 Å². The van der Waals surface area contributed by atoms with Crippen molar-refractivity contribution in [2.45, 2.75) is 95.4 Å². The Kier molecular flexibility index (Phi) is 9.16. The molecule has 9 heteroatoms. The quantitative estimate of drug-likeness (QED) is 0.364. The molecule has 2 heterocycles. The van der Waals surface area contributed by atoms with Gasteiger partial charge >= 0.3 is 11.9 Å². The summed E-state index contributed by atoms with van der Waals surface area (Å²) in [5.74, 6) is -1.02. The molecule has 0 radical (unpaired) electrons. The van der Waals surface area contributed by atoms with Crippen LogP contribution < -0.4 is 10.6 Å². The molecule has 3 N–H and O–H groups in total. The Bertz CT molecular complexity index is 888. The fraction of sp³-hybridized carbons (Fsp3) is 0.769. The van der Waals surface area contributed by atoms with Crippen LogP contribution in [0, 0.1) is 11.8 Å². The van der Waals surface area contributed by atoms with Gasteiger partial charge in [-0.15, -0.1) is 11.3 Å².